The van der Waals surface area contributed by atoms with Crippen molar-refractivity contribution < 1.29 is 9.53 Å². The normalized spacial score (nSPS) is 23.8. The number of rotatable bonds is 3. The first-order chi connectivity index (χ1) is 11.7. The van der Waals surface area contributed by atoms with E-state index >= 15 is 0 Å². The van der Waals surface area contributed by atoms with Crippen LogP contribution in [0.5, 0.6) is 5.75 Å². The summed E-state index contributed by atoms with van der Waals surface area (Å²) >= 11 is 0. The average Bonchev–Trinajstić information content (AvgIpc) is 2.61. The first-order valence-electron chi connectivity index (χ1n) is 8.68. The van der Waals surface area contributed by atoms with Crippen LogP contribution in [0.1, 0.15) is 35.3 Å². The van der Waals surface area contributed by atoms with E-state index in [4.69, 9.17) is 4.74 Å². The number of Topliss-reactive ketones (excluding diaryl/α,β-unsaturated/α-hetero) is 1. The Labute approximate surface area is 142 Å². The molecule has 0 saturated carbocycles. The third-order valence-electron chi connectivity index (χ3n) is 5.03. The smallest absolute Gasteiger partial charge is 0.170 e. The largest absolute Gasteiger partial charge is 0.485 e. The molecule has 2 aliphatic rings. The van der Waals surface area contributed by atoms with Gasteiger partial charge in [-0.05, 0) is 43.7 Å². The van der Waals surface area contributed by atoms with Crippen molar-refractivity contribution in [1.29, 1.82) is 0 Å². The summed E-state index contributed by atoms with van der Waals surface area (Å²) in [6, 6.07) is 13.7. The van der Waals surface area contributed by atoms with Crippen LogP contribution in [0.2, 0.25) is 0 Å². The van der Waals surface area contributed by atoms with Crippen LogP contribution in [0.3, 0.4) is 0 Å². The van der Waals surface area contributed by atoms with E-state index in [1.54, 1.807) is 0 Å². The molecule has 124 valence electrons. The first-order valence-corrected chi connectivity index (χ1v) is 8.68. The van der Waals surface area contributed by atoms with Crippen molar-refractivity contribution in [1.82, 2.24) is 9.88 Å². The molecular formula is C20H22N2O2. The molecule has 1 fully saturated rings. The van der Waals surface area contributed by atoms with Crippen molar-refractivity contribution in [2.75, 3.05) is 19.6 Å². The summed E-state index contributed by atoms with van der Waals surface area (Å²) in [5.74, 6) is 0.962. The maximum Gasteiger partial charge on any atom is 0.170 e. The number of aromatic nitrogens is 1. The minimum Gasteiger partial charge on any atom is -0.485 e. The number of ketones is 1. The Hall–Kier alpha value is -2.20. The van der Waals surface area contributed by atoms with Crippen LogP contribution < -0.4 is 4.74 Å². The third-order valence-corrected chi connectivity index (χ3v) is 5.03. The maximum atomic E-state index is 12.5. The van der Waals surface area contributed by atoms with E-state index in [2.05, 4.69) is 16.0 Å². The lowest BCUT2D eigenvalue weighted by Gasteiger charge is -2.44. The van der Waals surface area contributed by atoms with Gasteiger partial charge >= 0.3 is 0 Å². The lowest BCUT2D eigenvalue weighted by molar-refractivity contribution is -0.0176. The SMILES string of the molecule is O=C1CC2(CCCN(CCc3ccccn3)C2)Oc2ccccc21. The highest BCUT2D eigenvalue weighted by Crippen LogP contribution is 2.38. The van der Waals surface area contributed by atoms with Crippen LogP contribution in [0.15, 0.2) is 48.7 Å². The first kappa shape index (κ1) is 15.3. The van der Waals surface area contributed by atoms with Gasteiger partial charge in [-0.25, -0.2) is 0 Å². The molecule has 3 heterocycles. The number of carbonyl (C=O) groups excluding carboxylic acids is 1. The van der Waals surface area contributed by atoms with Gasteiger partial charge in [0.2, 0.25) is 0 Å². The quantitative estimate of drug-likeness (QED) is 0.871. The van der Waals surface area contributed by atoms with Crippen molar-refractivity contribution in [3.05, 3.63) is 59.9 Å². The van der Waals surface area contributed by atoms with Gasteiger partial charge in [-0.2, -0.15) is 0 Å². The van der Waals surface area contributed by atoms with E-state index in [9.17, 15) is 4.79 Å². The van der Waals surface area contributed by atoms with Gasteiger partial charge in [-0.3, -0.25) is 14.7 Å². The van der Waals surface area contributed by atoms with E-state index in [-0.39, 0.29) is 11.4 Å². The summed E-state index contributed by atoms with van der Waals surface area (Å²) in [6.07, 6.45) is 5.28. The molecule has 24 heavy (non-hydrogen) atoms. The second-order valence-corrected chi connectivity index (χ2v) is 6.83. The van der Waals surface area contributed by atoms with Crippen molar-refractivity contribution in [2.24, 2.45) is 0 Å². The van der Waals surface area contributed by atoms with Gasteiger partial charge in [0.25, 0.3) is 0 Å². The number of likely N-dealkylation sites (tertiary alicyclic amines) is 1. The Bertz CT molecular complexity index is 731. The standard InChI is InChI=1S/C20H22N2O2/c23-18-14-20(24-19-8-2-1-7-17(18)19)10-5-12-22(15-20)13-9-16-6-3-4-11-21-16/h1-4,6-8,11H,5,9-10,12-15H2. The topological polar surface area (TPSA) is 42.4 Å². The van der Waals surface area contributed by atoms with Crippen LogP contribution in [0.4, 0.5) is 0 Å². The molecule has 1 spiro atoms. The highest BCUT2D eigenvalue weighted by Gasteiger charge is 2.43. The number of pyridine rings is 1. The minimum atomic E-state index is -0.353. The predicted octanol–water partition coefficient (Wildman–Crippen LogP) is 3.12. The Morgan fingerprint density at radius 3 is 2.92 bits per heavy atom. The van der Waals surface area contributed by atoms with Crippen molar-refractivity contribution >= 4 is 5.78 Å². The Balaban J connectivity index is 1.46. The molecule has 4 nitrogen and oxygen atoms in total. The number of hydrogen-bond acceptors (Lipinski definition) is 4. The summed E-state index contributed by atoms with van der Waals surface area (Å²) < 4.78 is 6.33. The van der Waals surface area contributed by atoms with Gasteiger partial charge in [0.1, 0.15) is 11.4 Å². The summed E-state index contributed by atoms with van der Waals surface area (Å²) in [7, 11) is 0. The molecule has 1 saturated heterocycles. The Morgan fingerprint density at radius 1 is 1.17 bits per heavy atom. The second kappa shape index (κ2) is 6.36. The van der Waals surface area contributed by atoms with Crippen molar-refractivity contribution in [2.45, 2.75) is 31.3 Å². The zero-order valence-electron chi connectivity index (χ0n) is 13.8. The third kappa shape index (κ3) is 3.06. The summed E-state index contributed by atoms with van der Waals surface area (Å²) in [5.41, 5.74) is 1.49. The monoisotopic (exact) mass is 322 g/mol. The van der Waals surface area contributed by atoms with E-state index in [1.807, 2.05) is 42.6 Å². The number of para-hydroxylation sites is 1. The Morgan fingerprint density at radius 2 is 2.04 bits per heavy atom. The van der Waals surface area contributed by atoms with Crippen LogP contribution in [-0.2, 0) is 6.42 Å². The molecule has 4 rings (SSSR count). The van der Waals surface area contributed by atoms with Crippen LogP contribution >= 0.6 is 0 Å². The van der Waals surface area contributed by atoms with Crippen LogP contribution in [0, 0.1) is 0 Å². The number of fused-ring (bicyclic) bond motifs is 1. The van der Waals surface area contributed by atoms with Gasteiger partial charge in [-0.1, -0.05) is 18.2 Å². The fourth-order valence-electron chi connectivity index (χ4n) is 3.87. The number of hydrogen-bond donors (Lipinski definition) is 0. The average molecular weight is 322 g/mol. The zero-order valence-corrected chi connectivity index (χ0v) is 13.8. The van der Waals surface area contributed by atoms with Crippen molar-refractivity contribution in [3.8, 4) is 5.75 Å². The zero-order chi connectivity index (χ0) is 16.4. The molecule has 4 heteroatoms. The number of benzene rings is 1. The van der Waals surface area contributed by atoms with E-state index < -0.39 is 0 Å². The summed E-state index contributed by atoms with van der Waals surface area (Å²) in [4.78, 5) is 19.3. The van der Waals surface area contributed by atoms with Gasteiger partial charge in [0.05, 0.1) is 12.0 Å². The van der Waals surface area contributed by atoms with Crippen LogP contribution in [0.25, 0.3) is 0 Å². The second-order valence-electron chi connectivity index (χ2n) is 6.83. The lowest BCUT2D eigenvalue weighted by atomic mass is 9.83. The number of piperidine rings is 1. The molecule has 1 unspecified atom stereocenters. The van der Waals surface area contributed by atoms with E-state index in [0.717, 1.165) is 55.9 Å². The number of carbonyl (C=O) groups is 1. The lowest BCUT2D eigenvalue weighted by Crippen LogP contribution is -2.54. The molecule has 0 N–H and O–H groups in total. The molecule has 1 atom stereocenters. The molecule has 1 aromatic heterocycles. The van der Waals surface area contributed by atoms with Crippen LogP contribution in [-0.4, -0.2) is 40.9 Å². The fraction of sp³-hybridized carbons (Fsp3) is 0.400. The Kier molecular flexibility index (Phi) is 4.07. The van der Waals surface area contributed by atoms with Crippen molar-refractivity contribution in [3.63, 3.8) is 0 Å². The summed E-state index contributed by atoms with van der Waals surface area (Å²) in [5, 5.41) is 0. The van der Waals surface area contributed by atoms with Gasteiger partial charge in [0, 0.05) is 31.4 Å². The number of nitrogens with zero attached hydrogens (tertiary/aromatic N) is 2. The molecule has 1 aromatic carbocycles. The molecule has 0 aliphatic carbocycles. The maximum absolute atomic E-state index is 12.5. The van der Waals surface area contributed by atoms with Gasteiger partial charge in [-0.15, -0.1) is 0 Å². The highest BCUT2D eigenvalue weighted by molar-refractivity contribution is 6.00. The van der Waals surface area contributed by atoms with E-state index in [0.29, 0.717) is 6.42 Å². The fourth-order valence-corrected chi connectivity index (χ4v) is 3.87. The van der Waals surface area contributed by atoms with E-state index in [1.165, 1.54) is 0 Å². The molecule has 2 aromatic rings. The minimum absolute atomic E-state index is 0.212. The molecular weight excluding hydrogens is 300 g/mol. The molecule has 0 bridgehead atoms. The highest BCUT2D eigenvalue weighted by atomic mass is 16.5. The molecule has 0 radical (unpaired) electrons. The van der Waals surface area contributed by atoms with Gasteiger partial charge in [0.15, 0.2) is 5.78 Å². The molecule has 2 aliphatic heterocycles. The molecule has 0 amide bonds. The summed E-state index contributed by atoms with van der Waals surface area (Å²) in [6.45, 7) is 2.84. The van der Waals surface area contributed by atoms with Gasteiger partial charge < -0.3 is 4.74 Å². The predicted molar refractivity (Wildman–Crippen MR) is 92.4 cm³/mol. The number of ether oxygens (including phenoxy) is 1.